The van der Waals surface area contributed by atoms with Crippen LogP contribution in [0.2, 0.25) is 0 Å². The number of nitrogens with zero attached hydrogens (tertiary/aromatic N) is 1. The zero-order valence-electron chi connectivity index (χ0n) is 9.89. The molecule has 0 aliphatic rings. The summed E-state index contributed by atoms with van der Waals surface area (Å²) in [5.74, 6) is 0.800. The van der Waals surface area contributed by atoms with Crippen LogP contribution >= 0.6 is 0 Å². The number of hydrogen-bond donors (Lipinski definition) is 1. The van der Waals surface area contributed by atoms with Crippen molar-refractivity contribution in [3.63, 3.8) is 0 Å². The average Bonchev–Trinajstić information content (AvgIpc) is 2.40. The van der Waals surface area contributed by atoms with Crippen molar-refractivity contribution < 1.29 is 4.74 Å². The summed E-state index contributed by atoms with van der Waals surface area (Å²) in [7, 11) is 1.90. The molecule has 0 aliphatic carbocycles. The quantitative estimate of drug-likeness (QED) is 0.853. The molecule has 2 rings (SSSR count). The van der Waals surface area contributed by atoms with E-state index in [0.29, 0.717) is 6.61 Å². The highest BCUT2D eigenvalue weighted by molar-refractivity contribution is 5.21. The molecule has 0 unspecified atom stereocenters. The number of rotatable bonds is 5. The summed E-state index contributed by atoms with van der Waals surface area (Å²) in [6, 6.07) is 14.0. The summed E-state index contributed by atoms with van der Waals surface area (Å²) in [5.41, 5.74) is 2.17. The molecule has 0 saturated heterocycles. The van der Waals surface area contributed by atoms with Crippen molar-refractivity contribution in [3.8, 4) is 5.75 Å². The standard InChI is InChI=1S/C14H16N2O/c1-15-9-13-7-8-14(10-16-13)17-11-12-5-3-2-4-6-12/h2-8,10,15H,9,11H2,1H3. The van der Waals surface area contributed by atoms with Crippen molar-refractivity contribution in [2.75, 3.05) is 7.05 Å². The van der Waals surface area contributed by atoms with Gasteiger partial charge in [0, 0.05) is 6.54 Å². The Balaban J connectivity index is 1.91. The molecule has 0 spiro atoms. The number of aromatic nitrogens is 1. The molecular formula is C14H16N2O. The molecule has 3 nitrogen and oxygen atoms in total. The molecule has 0 aliphatic heterocycles. The van der Waals surface area contributed by atoms with Gasteiger partial charge in [0.05, 0.1) is 11.9 Å². The third-order valence-electron chi connectivity index (χ3n) is 2.40. The summed E-state index contributed by atoms with van der Waals surface area (Å²) >= 11 is 0. The molecule has 0 saturated carbocycles. The van der Waals surface area contributed by atoms with Crippen molar-refractivity contribution in [3.05, 3.63) is 59.9 Å². The summed E-state index contributed by atoms with van der Waals surface area (Å²) < 4.78 is 5.64. The Kier molecular flexibility index (Phi) is 4.11. The third-order valence-corrected chi connectivity index (χ3v) is 2.40. The van der Waals surface area contributed by atoms with Crippen LogP contribution < -0.4 is 10.1 Å². The van der Waals surface area contributed by atoms with E-state index < -0.39 is 0 Å². The van der Waals surface area contributed by atoms with Gasteiger partial charge in [0.2, 0.25) is 0 Å². The van der Waals surface area contributed by atoms with E-state index in [2.05, 4.69) is 10.3 Å². The maximum absolute atomic E-state index is 5.64. The minimum absolute atomic E-state index is 0.577. The molecule has 0 bridgehead atoms. The highest BCUT2D eigenvalue weighted by Crippen LogP contribution is 2.11. The zero-order valence-corrected chi connectivity index (χ0v) is 9.89. The Morgan fingerprint density at radius 1 is 1.12 bits per heavy atom. The molecule has 0 atom stereocenters. The van der Waals surface area contributed by atoms with Crippen molar-refractivity contribution in [1.82, 2.24) is 10.3 Å². The molecule has 1 heterocycles. The maximum atomic E-state index is 5.64. The molecular weight excluding hydrogens is 212 g/mol. The van der Waals surface area contributed by atoms with Crippen LogP contribution in [0.3, 0.4) is 0 Å². The lowest BCUT2D eigenvalue weighted by molar-refractivity contribution is 0.305. The molecule has 17 heavy (non-hydrogen) atoms. The van der Waals surface area contributed by atoms with Crippen LogP contribution in [-0.4, -0.2) is 12.0 Å². The Morgan fingerprint density at radius 3 is 2.59 bits per heavy atom. The van der Waals surface area contributed by atoms with Gasteiger partial charge in [-0.05, 0) is 24.7 Å². The van der Waals surface area contributed by atoms with Gasteiger partial charge in [0.15, 0.2) is 0 Å². The highest BCUT2D eigenvalue weighted by Gasteiger charge is 1.97. The molecule has 0 radical (unpaired) electrons. The zero-order chi connectivity index (χ0) is 11.9. The lowest BCUT2D eigenvalue weighted by atomic mass is 10.2. The normalized spacial score (nSPS) is 10.2. The van der Waals surface area contributed by atoms with E-state index >= 15 is 0 Å². The topological polar surface area (TPSA) is 34.1 Å². The van der Waals surface area contributed by atoms with Crippen LogP contribution in [0.5, 0.6) is 5.75 Å². The molecule has 88 valence electrons. The summed E-state index contributed by atoms with van der Waals surface area (Å²) in [5, 5.41) is 3.06. The predicted octanol–water partition coefficient (Wildman–Crippen LogP) is 2.38. The van der Waals surface area contributed by atoms with Gasteiger partial charge < -0.3 is 10.1 Å². The van der Waals surface area contributed by atoms with Gasteiger partial charge in [0.1, 0.15) is 12.4 Å². The van der Waals surface area contributed by atoms with Crippen molar-refractivity contribution in [2.45, 2.75) is 13.2 Å². The van der Waals surface area contributed by atoms with E-state index in [9.17, 15) is 0 Å². The van der Waals surface area contributed by atoms with Crippen molar-refractivity contribution in [2.24, 2.45) is 0 Å². The van der Waals surface area contributed by atoms with Gasteiger partial charge in [0.25, 0.3) is 0 Å². The first-order valence-corrected chi connectivity index (χ1v) is 5.65. The van der Waals surface area contributed by atoms with Crippen LogP contribution in [0, 0.1) is 0 Å². The fraction of sp³-hybridized carbons (Fsp3) is 0.214. The van der Waals surface area contributed by atoms with E-state index in [1.54, 1.807) is 6.20 Å². The number of nitrogens with one attached hydrogen (secondary N) is 1. The highest BCUT2D eigenvalue weighted by atomic mass is 16.5. The fourth-order valence-corrected chi connectivity index (χ4v) is 1.52. The first-order chi connectivity index (χ1) is 8.38. The number of pyridine rings is 1. The van der Waals surface area contributed by atoms with Crippen LogP contribution in [0.4, 0.5) is 0 Å². The van der Waals surface area contributed by atoms with E-state index in [4.69, 9.17) is 4.74 Å². The Bertz CT molecular complexity index is 440. The van der Waals surface area contributed by atoms with E-state index in [1.807, 2.05) is 49.5 Å². The van der Waals surface area contributed by atoms with Gasteiger partial charge in [-0.1, -0.05) is 30.3 Å². The Labute approximate surface area is 101 Å². The second-order valence-corrected chi connectivity index (χ2v) is 3.79. The van der Waals surface area contributed by atoms with Gasteiger partial charge in [-0.2, -0.15) is 0 Å². The second-order valence-electron chi connectivity index (χ2n) is 3.79. The van der Waals surface area contributed by atoms with E-state index in [0.717, 1.165) is 23.6 Å². The third kappa shape index (κ3) is 3.57. The first-order valence-electron chi connectivity index (χ1n) is 5.65. The molecule has 0 fully saturated rings. The first kappa shape index (κ1) is 11.6. The SMILES string of the molecule is CNCc1ccc(OCc2ccccc2)cn1. The summed E-state index contributed by atoms with van der Waals surface area (Å²) in [6.07, 6.45) is 1.76. The minimum atomic E-state index is 0.577. The number of ether oxygens (including phenoxy) is 1. The lowest BCUT2D eigenvalue weighted by Crippen LogP contribution is -2.06. The molecule has 2 aromatic rings. The molecule has 1 aromatic heterocycles. The second kappa shape index (κ2) is 6.01. The van der Waals surface area contributed by atoms with Gasteiger partial charge in [-0.15, -0.1) is 0 Å². The van der Waals surface area contributed by atoms with Gasteiger partial charge in [-0.3, -0.25) is 4.98 Å². The predicted molar refractivity (Wildman–Crippen MR) is 67.8 cm³/mol. The molecule has 3 heteroatoms. The summed E-state index contributed by atoms with van der Waals surface area (Å²) in [4.78, 5) is 4.29. The smallest absolute Gasteiger partial charge is 0.138 e. The van der Waals surface area contributed by atoms with E-state index in [1.165, 1.54) is 0 Å². The van der Waals surface area contributed by atoms with Gasteiger partial charge >= 0.3 is 0 Å². The molecule has 0 amide bonds. The minimum Gasteiger partial charge on any atom is -0.487 e. The average molecular weight is 228 g/mol. The summed E-state index contributed by atoms with van der Waals surface area (Å²) in [6.45, 7) is 1.35. The van der Waals surface area contributed by atoms with Gasteiger partial charge in [-0.25, -0.2) is 0 Å². The Morgan fingerprint density at radius 2 is 1.94 bits per heavy atom. The largest absolute Gasteiger partial charge is 0.487 e. The molecule has 1 N–H and O–H groups in total. The van der Waals surface area contributed by atoms with Crippen molar-refractivity contribution >= 4 is 0 Å². The van der Waals surface area contributed by atoms with Crippen molar-refractivity contribution in [1.29, 1.82) is 0 Å². The van der Waals surface area contributed by atoms with Crippen LogP contribution in [0.25, 0.3) is 0 Å². The molecule has 1 aromatic carbocycles. The van der Waals surface area contributed by atoms with Crippen LogP contribution in [0.1, 0.15) is 11.3 Å². The Hall–Kier alpha value is -1.87. The lowest BCUT2D eigenvalue weighted by Gasteiger charge is -2.06. The van der Waals surface area contributed by atoms with Crippen LogP contribution in [-0.2, 0) is 13.2 Å². The maximum Gasteiger partial charge on any atom is 0.138 e. The van der Waals surface area contributed by atoms with Crippen LogP contribution in [0.15, 0.2) is 48.7 Å². The monoisotopic (exact) mass is 228 g/mol. The number of benzene rings is 1. The fourth-order valence-electron chi connectivity index (χ4n) is 1.52. The number of hydrogen-bond acceptors (Lipinski definition) is 3. The van der Waals surface area contributed by atoms with E-state index in [-0.39, 0.29) is 0 Å².